The average molecular weight is 713 g/mol. The van der Waals surface area contributed by atoms with Crippen molar-refractivity contribution < 1.29 is 47.8 Å². The van der Waals surface area contributed by atoms with Crippen molar-refractivity contribution in [2.24, 2.45) is 0 Å². The van der Waals surface area contributed by atoms with E-state index in [-0.39, 0.29) is 35.9 Å². The van der Waals surface area contributed by atoms with Crippen LogP contribution >= 0.6 is 0 Å². The van der Waals surface area contributed by atoms with Crippen molar-refractivity contribution in [3.8, 4) is 5.75 Å². The van der Waals surface area contributed by atoms with E-state index in [9.17, 15) is 9.59 Å². The van der Waals surface area contributed by atoms with Crippen LogP contribution < -0.4 is 33.2 Å². The molecule has 0 aliphatic rings. The molecule has 7 nitrogen and oxygen atoms in total. The number of benzene rings is 3. The number of hydrogen-bond acceptors (Lipinski definition) is 5. The van der Waals surface area contributed by atoms with Crippen molar-refractivity contribution in [2.75, 3.05) is 34.9 Å². The van der Waals surface area contributed by atoms with E-state index in [0.29, 0.717) is 25.3 Å². The van der Waals surface area contributed by atoms with Crippen molar-refractivity contribution in [1.82, 2.24) is 9.05 Å². The Labute approximate surface area is 278 Å². The molecular weight excluding hydrogens is 667 g/mol. The maximum atomic E-state index is 12.5. The zero-order chi connectivity index (χ0) is 30.7. The van der Waals surface area contributed by atoms with Crippen LogP contribution in [-0.2, 0) is 33.8 Å². The third-order valence-electron chi connectivity index (χ3n) is 7.61. The Morgan fingerprint density at radius 3 is 2.14 bits per heavy atom. The van der Waals surface area contributed by atoms with E-state index in [1.807, 2.05) is 66.7 Å². The first-order chi connectivity index (χ1) is 20.7. The van der Waals surface area contributed by atoms with Gasteiger partial charge in [0.2, 0.25) is 0 Å². The summed E-state index contributed by atoms with van der Waals surface area (Å²) in [5.74, 6) is 0.261. The minimum Gasteiger partial charge on any atom is -1.00 e. The highest BCUT2D eigenvalue weighted by Gasteiger charge is 2.17. The summed E-state index contributed by atoms with van der Waals surface area (Å²) in [5.41, 5.74) is 4.84. The third-order valence-corrected chi connectivity index (χ3v) is 7.61. The summed E-state index contributed by atoms with van der Waals surface area (Å²) in [7, 11) is 7.77. The quantitative estimate of drug-likeness (QED) is 0.0750. The van der Waals surface area contributed by atoms with Gasteiger partial charge >= 0.3 is 11.9 Å². The molecule has 1 heterocycles. The summed E-state index contributed by atoms with van der Waals surface area (Å²) < 4.78 is 19.3. The van der Waals surface area contributed by atoms with Gasteiger partial charge in [0.15, 0.2) is 0 Å². The fraction of sp³-hybridized carbons (Fsp3) is 0.389. The van der Waals surface area contributed by atoms with Crippen molar-refractivity contribution in [2.45, 2.75) is 58.1 Å². The van der Waals surface area contributed by atoms with Crippen LogP contribution in [0.25, 0.3) is 10.9 Å². The lowest BCUT2D eigenvalue weighted by molar-refractivity contribution is -0.142. The largest absolute Gasteiger partial charge is 1.00 e. The maximum absolute atomic E-state index is 12.5. The van der Waals surface area contributed by atoms with E-state index in [2.05, 4.69) is 37.8 Å². The Morgan fingerprint density at radius 2 is 1.45 bits per heavy atom. The van der Waals surface area contributed by atoms with Gasteiger partial charge in [-0.2, -0.15) is 0 Å². The summed E-state index contributed by atoms with van der Waals surface area (Å²) in [6.45, 7) is 1.70. The smallest absolute Gasteiger partial charge is 0.354 e. The van der Waals surface area contributed by atoms with Gasteiger partial charge in [-0.25, -0.2) is 4.79 Å². The van der Waals surface area contributed by atoms with E-state index in [1.165, 1.54) is 12.8 Å². The van der Waals surface area contributed by atoms with Crippen molar-refractivity contribution in [3.63, 3.8) is 0 Å². The van der Waals surface area contributed by atoms with Gasteiger partial charge in [0, 0.05) is 17.4 Å². The standard InChI is InChI=1S/C36H45N2O5.HI/c1-38(2,3)31-18-16-28(17-19-31)24-35(39)42-23-13-8-6-5-7-12-22-37-33-21-20-32(43-27-29-14-10-9-11-15-29)25-30(33)26-34(37)36(40)41-4;/h9-11,14-21,25-26H,5-8,12-13,22-24,27H2,1-4H3;1H/q+1;/p-1. The average Bonchev–Trinajstić information content (AvgIpc) is 3.36. The van der Waals surface area contributed by atoms with E-state index < -0.39 is 0 Å². The number of quaternary nitrogens is 1. The Hall–Kier alpha value is -3.37. The number of nitrogens with zero attached hydrogens (tertiary/aromatic N) is 2. The zero-order valence-corrected chi connectivity index (χ0v) is 28.5. The minimum atomic E-state index is -0.335. The van der Waals surface area contributed by atoms with Crippen molar-refractivity contribution >= 4 is 28.5 Å². The Morgan fingerprint density at radius 1 is 0.773 bits per heavy atom. The summed E-state index contributed by atoms with van der Waals surface area (Å²) in [5, 5.41) is 0.960. The molecule has 3 aromatic carbocycles. The number of aromatic nitrogens is 1. The molecular formula is C36H45IN2O5. The number of hydrogen-bond donors (Lipinski definition) is 0. The van der Waals surface area contributed by atoms with Crippen LogP contribution in [0.5, 0.6) is 5.75 Å². The molecule has 0 saturated heterocycles. The second-order valence-electron chi connectivity index (χ2n) is 11.9. The lowest BCUT2D eigenvalue weighted by atomic mass is 10.1. The molecule has 0 bridgehead atoms. The topological polar surface area (TPSA) is 66.8 Å². The highest BCUT2D eigenvalue weighted by atomic mass is 127. The molecule has 4 rings (SSSR count). The lowest BCUT2D eigenvalue weighted by Gasteiger charge is -2.23. The first kappa shape index (κ1) is 35.1. The first-order valence-corrected chi connectivity index (χ1v) is 15.2. The number of carbonyl (C=O) groups excluding carboxylic acids is 2. The summed E-state index contributed by atoms with van der Waals surface area (Å²) >= 11 is 0. The van der Waals surface area contributed by atoms with Crippen molar-refractivity contribution in [3.05, 3.63) is 95.7 Å². The molecule has 0 atom stereocenters. The Kier molecular flexibility index (Phi) is 13.7. The van der Waals surface area contributed by atoms with Crippen LogP contribution in [0.1, 0.15) is 60.1 Å². The van der Waals surface area contributed by atoms with Crippen LogP contribution in [0.3, 0.4) is 0 Å². The highest BCUT2D eigenvalue weighted by molar-refractivity contribution is 5.96. The first-order valence-electron chi connectivity index (χ1n) is 15.2. The predicted octanol–water partition coefficient (Wildman–Crippen LogP) is 4.33. The molecule has 4 aromatic rings. The molecule has 0 aliphatic heterocycles. The highest BCUT2D eigenvalue weighted by Crippen LogP contribution is 2.27. The van der Waals surface area contributed by atoms with E-state index in [1.54, 1.807) is 0 Å². The number of rotatable bonds is 16. The van der Waals surface area contributed by atoms with Crippen LogP contribution in [0.4, 0.5) is 5.69 Å². The van der Waals surface area contributed by atoms with Crippen LogP contribution in [0.2, 0.25) is 0 Å². The molecule has 0 fully saturated rings. The number of halogens is 1. The normalized spacial score (nSPS) is 11.2. The van der Waals surface area contributed by atoms with Crippen LogP contribution in [0.15, 0.2) is 78.9 Å². The molecule has 0 unspecified atom stereocenters. The van der Waals surface area contributed by atoms with Crippen LogP contribution in [-0.4, -0.2) is 51.4 Å². The van der Waals surface area contributed by atoms with Gasteiger partial charge in [-0.05, 0) is 60.4 Å². The number of methoxy groups -OCH3 is 1. The molecule has 0 spiro atoms. The summed E-state index contributed by atoms with van der Waals surface area (Å²) in [6.07, 6.45) is 6.40. The molecule has 236 valence electrons. The summed E-state index contributed by atoms with van der Waals surface area (Å²) in [4.78, 5) is 24.7. The maximum Gasteiger partial charge on any atom is 0.354 e. The molecule has 0 saturated carbocycles. The molecule has 0 radical (unpaired) electrons. The van der Waals surface area contributed by atoms with Gasteiger partial charge < -0.3 is 42.8 Å². The van der Waals surface area contributed by atoms with Crippen molar-refractivity contribution in [1.29, 1.82) is 0 Å². The van der Waals surface area contributed by atoms with Gasteiger partial charge in [-0.3, -0.25) is 9.28 Å². The van der Waals surface area contributed by atoms with E-state index >= 15 is 0 Å². The fourth-order valence-corrected chi connectivity index (χ4v) is 5.14. The number of unbranched alkanes of at least 4 members (excludes halogenated alkanes) is 5. The Bertz CT molecular complexity index is 1480. The lowest BCUT2D eigenvalue weighted by Crippen LogP contribution is -3.00. The van der Waals surface area contributed by atoms with E-state index in [4.69, 9.17) is 14.2 Å². The molecule has 0 N–H and O–H groups in total. The van der Waals surface area contributed by atoms with Gasteiger partial charge in [0.1, 0.15) is 23.7 Å². The Balaban J connectivity index is 0.00000529. The number of carbonyl (C=O) groups is 2. The monoisotopic (exact) mass is 712 g/mol. The second kappa shape index (κ2) is 17.2. The minimum absolute atomic E-state index is 0. The molecule has 8 heteroatoms. The number of ether oxygens (including phenoxy) is 3. The van der Waals surface area contributed by atoms with Crippen LogP contribution in [0, 0.1) is 0 Å². The number of esters is 2. The predicted molar refractivity (Wildman–Crippen MR) is 172 cm³/mol. The molecule has 1 aromatic heterocycles. The molecule has 44 heavy (non-hydrogen) atoms. The number of aryl methyl sites for hydroxylation is 1. The van der Waals surface area contributed by atoms with Gasteiger partial charge in [-0.15, -0.1) is 0 Å². The van der Waals surface area contributed by atoms with Gasteiger partial charge in [0.05, 0.1) is 41.3 Å². The zero-order valence-electron chi connectivity index (χ0n) is 26.4. The van der Waals surface area contributed by atoms with E-state index in [0.717, 1.165) is 77.3 Å². The van der Waals surface area contributed by atoms with Gasteiger partial charge in [0.25, 0.3) is 0 Å². The second-order valence-corrected chi connectivity index (χ2v) is 11.9. The molecule has 0 amide bonds. The fourth-order valence-electron chi connectivity index (χ4n) is 5.14. The third kappa shape index (κ3) is 10.4. The number of fused-ring (bicyclic) bond motifs is 1. The SMILES string of the molecule is COC(=O)c1cc2cc(OCc3ccccc3)ccc2n1CCCCCCCCOC(=O)Cc1ccc([N+](C)(C)C)cc1.[I-]. The molecule has 0 aliphatic carbocycles. The summed E-state index contributed by atoms with van der Waals surface area (Å²) in [6, 6.07) is 26.0. The van der Waals surface area contributed by atoms with Gasteiger partial charge in [-0.1, -0.05) is 68.1 Å².